The molecule has 7 heteroatoms. The van der Waals surface area contributed by atoms with Gasteiger partial charge in [0.2, 0.25) is 5.88 Å². The number of anilines is 1. The van der Waals surface area contributed by atoms with Crippen LogP contribution in [0.25, 0.3) is 11.4 Å². The average molecular weight is 352 g/mol. The van der Waals surface area contributed by atoms with E-state index in [2.05, 4.69) is 31.3 Å². The molecular formula is C14H18BrN5O. The Kier molecular flexibility index (Phi) is 3.61. The summed E-state index contributed by atoms with van der Waals surface area (Å²) in [5.41, 5.74) is 2.78. The third-order valence-corrected chi connectivity index (χ3v) is 4.45. The number of methoxy groups -OCH3 is 1. The second kappa shape index (κ2) is 5.29. The first-order valence-electron chi connectivity index (χ1n) is 6.90. The Morgan fingerprint density at radius 3 is 2.62 bits per heavy atom. The van der Waals surface area contributed by atoms with Crippen molar-refractivity contribution in [1.29, 1.82) is 0 Å². The summed E-state index contributed by atoms with van der Waals surface area (Å²) in [6, 6.07) is 0. The molecule has 1 aliphatic rings. The third kappa shape index (κ3) is 2.39. The lowest BCUT2D eigenvalue weighted by Gasteiger charge is -2.11. The molecule has 6 nitrogen and oxygen atoms in total. The van der Waals surface area contributed by atoms with E-state index in [0.717, 1.165) is 27.2 Å². The van der Waals surface area contributed by atoms with Gasteiger partial charge in [-0.1, -0.05) is 0 Å². The Hall–Kier alpha value is -1.63. The highest BCUT2D eigenvalue weighted by Crippen LogP contribution is 2.45. The van der Waals surface area contributed by atoms with E-state index in [1.54, 1.807) is 11.8 Å². The van der Waals surface area contributed by atoms with E-state index in [4.69, 9.17) is 9.72 Å². The minimum absolute atomic E-state index is 0.524. The summed E-state index contributed by atoms with van der Waals surface area (Å²) in [6.45, 7) is 1.94. The Labute approximate surface area is 132 Å². The van der Waals surface area contributed by atoms with Crippen LogP contribution in [0.3, 0.4) is 0 Å². The lowest BCUT2D eigenvalue weighted by Crippen LogP contribution is -2.04. The zero-order chi connectivity index (χ0) is 15.1. The number of nitrogens with zero attached hydrogens (tertiary/aromatic N) is 4. The minimum Gasteiger partial charge on any atom is -0.481 e. The quantitative estimate of drug-likeness (QED) is 0.917. The number of halogens is 1. The number of aryl methyl sites for hydroxylation is 2. The van der Waals surface area contributed by atoms with Crippen molar-refractivity contribution in [2.24, 2.45) is 7.05 Å². The summed E-state index contributed by atoms with van der Waals surface area (Å²) in [4.78, 5) is 9.38. The Balaban J connectivity index is 2.21. The van der Waals surface area contributed by atoms with Gasteiger partial charge in [0.15, 0.2) is 5.82 Å². The van der Waals surface area contributed by atoms with Gasteiger partial charge in [0.25, 0.3) is 0 Å². The van der Waals surface area contributed by atoms with E-state index in [0.29, 0.717) is 17.6 Å². The van der Waals surface area contributed by atoms with Crippen LogP contribution in [0.1, 0.15) is 30.1 Å². The monoisotopic (exact) mass is 351 g/mol. The molecule has 0 saturated heterocycles. The second-order valence-electron chi connectivity index (χ2n) is 5.21. The first-order valence-corrected chi connectivity index (χ1v) is 7.69. The van der Waals surface area contributed by atoms with Gasteiger partial charge in [-0.05, 0) is 35.7 Å². The zero-order valence-electron chi connectivity index (χ0n) is 12.6. The average Bonchev–Trinajstić information content (AvgIpc) is 3.25. The highest BCUT2D eigenvalue weighted by molar-refractivity contribution is 9.10. The van der Waals surface area contributed by atoms with Crippen LogP contribution in [-0.2, 0) is 7.05 Å². The number of hydrogen-bond acceptors (Lipinski definition) is 5. The molecule has 1 fully saturated rings. The van der Waals surface area contributed by atoms with Crippen molar-refractivity contribution < 1.29 is 4.74 Å². The van der Waals surface area contributed by atoms with Gasteiger partial charge in [0, 0.05) is 20.0 Å². The van der Waals surface area contributed by atoms with E-state index in [-0.39, 0.29) is 0 Å². The third-order valence-electron chi connectivity index (χ3n) is 3.66. The van der Waals surface area contributed by atoms with Crippen LogP contribution >= 0.6 is 15.9 Å². The van der Waals surface area contributed by atoms with E-state index in [1.165, 1.54) is 12.8 Å². The summed E-state index contributed by atoms with van der Waals surface area (Å²) in [7, 11) is 5.36. The standard InChI is InChI=1S/C14H18BrN5O/c1-7-9(14(21-4)20(3)19-7)12-17-11(8-5-6-8)10(15)13(16-2)18-12/h8H,5-6H2,1-4H3,(H,16,17,18). The van der Waals surface area contributed by atoms with Crippen molar-refractivity contribution >= 4 is 21.7 Å². The molecule has 0 spiro atoms. The number of rotatable bonds is 4. The van der Waals surface area contributed by atoms with Crippen LogP contribution in [0, 0.1) is 6.92 Å². The van der Waals surface area contributed by atoms with Crippen molar-refractivity contribution in [2.75, 3.05) is 19.5 Å². The summed E-state index contributed by atoms with van der Waals surface area (Å²) < 4.78 is 8.13. The highest BCUT2D eigenvalue weighted by Gasteiger charge is 2.30. The van der Waals surface area contributed by atoms with Crippen LogP contribution in [0.2, 0.25) is 0 Å². The molecule has 0 atom stereocenters. The molecule has 1 aliphatic carbocycles. The lowest BCUT2D eigenvalue weighted by atomic mass is 10.2. The van der Waals surface area contributed by atoms with E-state index in [9.17, 15) is 0 Å². The van der Waals surface area contributed by atoms with Gasteiger partial charge < -0.3 is 10.1 Å². The molecule has 1 N–H and O–H groups in total. The van der Waals surface area contributed by atoms with Crippen LogP contribution in [-0.4, -0.2) is 33.9 Å². The molecule has 2 aromatic heterocycles. The normalized spacial score (nSPS) is 14.3. The van der Waals surface area contributed by atoms with Gasteiger partial charge in [-0.25, -0.2) is 14.6 Å². The number of hydrogen-bond donors (Lipinski definition) is 1. The first-order chi connectivity index (χ1) is 10.1. The lowest BCUT2D eigenvalue weighted by molar-refractivity contribution is 0.374. The van der Waals surface area contributed by atoms with Gasteiger partial charge in [-0.2, -0.15) is 5.10 Å². The molecular weight excluding hydrogens is 334 g/mol. The largest absolute Gasteiger partial charge is 0.481 e. The summed E-state index contributed by atoms with van der Waals surface area (Å²) >= 11 is 3.61. The van der Waals surface area contributed by atoms with Gasteiger partial charge in [0.1, 0.15) is 11.4 Å². The fourth-order valence-electron chi connectivity index (χ4n) is 2.50. The molecule has 2 aromatic rings. The van der Waals surface area contributed by atoms with E-state index >= 15 is 0 Å². The molecule has 0 aliphatic heterocycles. The van der Waals surface area contributed by atoms with Crippen molar-refractivity contribution in [3.8, 4) is 17.3 Å². The molecule has 0 aromatic carbocycles. The maximum absolute atomic E-state index is 5.46. The second-order valence-corrected chi connectivity index (χ2v) is 6.01. The predicted molar refractivity (Wildman–Crippen MR) is 84.7 cm³/mol. The minimum atomic E-state index is 0.524. The van der Waals surface area contributed by atoms with Crippen molar-refractivity contribution in [3.63, 3.8) is 0 Å². The molecule has 2 heterocycles. The smallest absolute Gasteiger partial charge is 0.222 e. The molecule has 0 amide bonds. The fourth-order valence-corrected chi connectivity index (χ4v) is 3.20. The maximum atomic E-state index is 5.46. The molecule has 0 radical (unpaired) electrons. The van der Waals surface area contributed by atoms with E-state index in [1.807, 2.05) is 21.0 Å². The van der Waals surface area contributed by atoms with Crippen molar-refractivity contribution in [1.82, 2.24) is 19.7 Å². The molecule has 3 rings (SSSR count). The van der Waals surface area contributed by atoms with Crippen molar-refractivity contribution in [2.45, 2.75) is 25.7 Å². The summed E-state index contributed by atoms with van der Waals surface area (Å²) in [5, 5.41) is 7.53. The van der Waals surface area contributed by atoms with Crippen LogP contribution in [0.5, 0.6) is 5.88 Å². The molecule has 0 bridgehead atoms. The SMILES string of the molecule is CNc1nc(-c2c(C)nn(C)c2OC)nc(C2CC2)c1Br. The Morgan fingerprint density at radius 2 is 2.05 bits per heavy atom. The van der Waals surface area contributed by atoms with E-state index < -0.39 is 0 Å². The Morgan fingerprint density at radius 1 is 1.33 bits per heavy atom. The van der Waals surface area contributed by atoms with Crippen molar-refractivity contribution in [3.05, 3.63) is 15.9 Å². The van der Waals surface area contributed by atoms with Gasteiger partial charge in [0.05, 0.1) is 23.0 Å². The first kappa shape index (κ1) is 14.3. The zero-order valence-corrected chi connectivity index (χ0v) is 14.2. The summed E-state index contributed by atoms with van der Waals surface area (Å²) in [5.74, 6) is 2.66. The van der Waals surface area contributed by atoms with Crippen LogP contribution < -0.4 is 10.1 Å². The molecule has 0 unspecified atom stereocenters. The maximum Gasteiger partial charge on any atom is 0.222 e. The van der Waals surface area contributed by atoms with Gasteiger partial charge in [-0.3, -0.25) is 0 Å². The number of ether oxygens (including phenoxy) is 1. The number of aromatic nitrogens is 4. The Bertz CT molecular complexity index is 693. The van der Waals surface area contributed by atoms with Crippen LogP contribution in [0.4, 0.5) is 5.82 Å². The molecule has 21 heavy (non-hydrogen) atoms. The van der Waals surface area contributed by atoms with Gasteiger partial charge in [-0.15, -0.1) is 0 Å². The number of nitrogens with one attached hydrogen (secondary N) is 1. The van der Waals surface area contributed by atoms with Crippen LogP contribution in [0.15, 0.2) is 4.47 Å². The summed E-state index contributed by atoms with van der Waals surface area (Å²) in [6.07, 6.45) is 2.36. The topological polar surface area (TPSA) is 64.9 Å². The fraction of sp³-hybridized carbons (Fsp3) is 0.500. The molecule has 112 valence electrons. The predicted octanol–water partition coefficient (Wildman–Crippen LogP) is 2.88. The van der Waals surface area contributed by atoms with Gasteiger partial charge >= 0.3 is 0 Å². The highest BCUT2D eigenvalue weighted by atomic mass is 79.9. The molecule has 1 saturated carbocycles.